The Hall–Kier alpha value is -3.53. The molecule has 0 unspecified atom stereocenters. The minimum atomic E-state index is 0.415. The van der Waals surface area contributed by atoms with Gasteiger partial charge in [0.15, 0.2) is 0 Å². The van der Waals surface area contributed by atoms with Crippen molar-refractivity contribution < 1.29 is 0 Å². The van der Waals surface area contributed by atoms with Gasteiger partial charge in [0.1, 0.15) is 11.6 Å². The van der Waals surface area contributed by atoms with Crippen molar-refractivity contribution in [2.45, 2.75) is 45.6 Å². The molecule has 1 atom stereocenters. The number of H-pyrrole nitrogens is 1. The van der Waals surface area contributed by atoms with Gasteiger partial charge in [-0.25, -0.2) is 4.98 Å². The predicted octanol–water partition coefficient (Wildman–Crippen LogP) is 4.79. The maximum Gasteiger partial charge on any atom is 0.229 e. The fourth-order valence-corrected chi connectivity index (χ4v) is 4.25. The van der Waals surface area contributed by atoms with E-state index in [-0.39, 0.29) is 0 Å². The van der Waals surface area contributed by atoms with E-state index in [2.05, 4.69) is 52.3 Å². The molecule has 0 aliphatic carbocycles. The zero-order chi connectivity index (χ0) is 22.5. The molecule has 0 saturated carbocycles. The standard InChI is InChI=1S/C25H31N7/c1-4-7-20-15-24(30-25(28-20)29-21-11-10-18(2)19(14-21)16-26)32-13-6-8-22(17-32)31(3)23-9-5-12-27-23/h5,9-12,14-15,22,27H,4,6-8,13,17H2,1-3H3,(H,28,29,30)/t22-/m0/s1. The van der Waals surface area contributed by atoms with Crippen LogP contribution in [-0.4, -0.2) is 41.1 Å². The average Bonchev–Trinajstić information content (AvgIpc) is 3.35. The van der Waals surface area contributed by atoms with Crippen LogP contribution in [0.5, 0.6) is 0 Å². The van der Waals surface area contributed by atoms with E-state index < -0.39 is 0 Å². The smallest absolute Gasteiger partial charge is 0.229 e. The largest absolute Gasteiger partial charge is 0.356 e. The van der Waals surface area contributed by atoms with Crippen LogP contribution >= 0.6 is 0 Å². The monoisotopic (exact) mass is 429 g/mol. The first-order valence-electron chi connectivity index (χ1n) is 11.3. The van der Waals surface area contributed by atoms with Gasteiger partial charge in [-0.05, 0) is 56.0 Å². The van der Waals surface area contributed by atoms with Crippen molar-refractivity contribution in [3.63, 3.8) is 0 Å². The van der Waals surface area contributed by atoms with Crippen molar-refractivity contribution in [3.05, 3.63) is 59.4 Å². The summed E-state index contributed by atoms with van der Waals surface area (Å²) in [6.07, 6.45) is 6.17. The van der Waals surface area contributed by atoms with Gasteiger partial charge in [0.25, 0.3) is 0 Å². The number of hydrogen-bond donors (Lipinski definition) is 2. The summed E-state index contributed by atoms with van der Waals surface area (Å²) in [5.74, 6) is 2.68. The van der Waals surface area contributed by atoms with E-state index >= 15 is 0 Å². The molecule has 3 heterocycles. The Labute approximate surface area is 190 Å². The van der Waals surface area contributed by atoms with E-state index in [0.717, 1.165) is 67.4 Å². The fraction of sp³-hybridized carbons (Fsp3) is 0.400. The Morgan fingerprint density at radius 3 is 2.91 bits per heavy atom. The highest BCUT2D eigenvalue weighted by Gasteiger charge is 2.25. The molecule has 1 aliphatic rings. The van der Waals surface area contributed by atoms with Gasteiger partial charge in [0.2, 0.25) is 5.95 Å². The molecule has 1 aliphatic heterocycles. The number of likely N-dealkylation sites (N-methyl/N-ethyl adjacent to an activating group) is 1. The van der Waals surface area contributed by atoms with E-state index in [0.29, 0.717) is 17.6 Å². The molecule has 0 amide bonds. The second-order valence-corrected chi connectivity index (χ2v) is 8.47. The normalized spacial score (nSPS) is 15.9. The van der Waals surface area contributed by atoms with Crippen LogP contribution in [-0.2, 0) is 6.42 Å². The van der Waals surface area contributed by atoms with E-state index in [9.17, 15) is 5.26 Å². The van der Waals surface area contributed by atoms with Crippen LogP contribution in [0.2, 0.25) is 0 Å². The van der Waals surface area contributed by atoms with Gasteiger partial charge in [-0.15, -0.1) is 0 Å². The number of piperidine rings is 1. The van der Waals surface area contributed by atoms with Crippen LogP contribution in [0.1, 0.15) is 43.0 Å². The third-order valence-corrected chi connectivity index (χ3v) is 6.12. The predicted molar refractivity (Wildman–Crippen MR) is 130 cm³/mol. The molecule has 1 aromatic carbocycles. The number of nitriles is 1. The zero-order valence-electron chi connectivity index (χ0n) is 19.1. The second-order valence-electron chi connectivity index (χ2n) is 8.47. The molecule has 1 fully saturated rings. The third-order valence-electron chi connectivity index (χ3n) is 6.12. The molecule has 2 aromatic heterocycles. The van der Waals surface area contributed by atoms with Crippen molar-refractivity contribution >= 4 is 23.3 Å². The summed E-state index contributed by atoms with van der Waals surface area (Å²) in [7, 11) is 2.15. The van der Waals surface area contributed by atoms with Crippen LogP contribution in [0.4, 0.5) is 23.3 Å². The lowest BCUT2D eigenvalue weighted by Crippen LogP contribution is -2.47. The topological polar surface area (TPSA) is 83.9 Å². The Morgan fingerprint density at radius 1 is 1.28 bits per heavy atom. The van der Waals surface area contributed by atoms with Crippen LogP contribution in [0.15, 0.2) is 42.6 Å². The number of benzene rings is 1. The SMILES string of the molecule is CCCc1cc(N2CCC[C@H](N(C)c3ccc[nH]3)C2)nc(Nc2ccc(C)c(C#N)c2)n1. The molecule has 7 nitrogen and oxygen atoms in total. The minimum absolute atomic E-state index is 0.415. The highest BCUT2D eigenvalue weighted by Crippen LogP contribution is 2.26. The number of nitrogens with one attached hydrogen (secondary N) is 2. The molecule has 0 radical (unpaired) electrons. The zero-order valence-corrected chi connectivity index (χ0v) is 19.1. The number of aryl methyl sites for hydroxylation is 2. The molecular weight excluding hydrogens is 398 g/mol. The molecular formula is C25H31N7. The summed E-state index contributed by atoms with van der Waals surface area (Å²) in [5.41, 5.74) is 3.48. The van der Waals surface area contributed by atoms with Crippen molar-refractivity contribution in [1.82, 2.24) is 15.0 Å². The van der Waals surface area contributed by atoms with Crippen molar-refractivity contribution in [3.8, 4) is 6.07 Å². The third kappa shape index (κ3) is 4.86. The van der Waals surface area contributed by atoms with Gasteiger partial charge >= 0.3 is 0 Å². The van der Waals surface area contributed by atoms with Gasteiger partial charge in [-0.3, -0.25) is 0 Å². The first-order chi connectivity index (χ1) is 15.6. The van der Waals surface area contributed by atoms with Gasteiger partial charge in [-0.1, -0.05) is 19.4 Å². The number of aromatic nitrogens is 3. The summed E-state index contributed by atoms with van der Waals surface area (Å²) in [6.45, 7) is 6.01. The lowest BCUT2D eigenvalue weighted by Gasteiger charge is -2.38. The summed E-state index contributed by atoms with van der Waals surface area (Å²) >= 11 is 0. The Morgan fingerprint density at radius 2 is 2.16 bits per heavy atom. The lowest BCUT2D eigenvalue weighted by atomic mass is 10.0. The first-order valence-corrected chi connectivity index (χ1v) is 11.3. The van der Waals surface area contributed by atoms with E-state index in [1.54, 1.807) is 0 Å². The Balaban J connectivity index is 1.58. The van der Waals surface area contributed by atoms with Gasteiger partial charge in [0.05, 0.1) is 11.6 Å². The lowest BCUT2D eigenvalue weighted by molar-refractivity contribution is 0.483. The number of aromatic amines is 1. The van der Waals surface area contributed by atoms with Crippen LogP contribution < -0.4 is 15.1 Å². The number of hydrogen-bond acceptors (Lipinski definition) is 6. The second kappa shape index (κ2) is 9.73. The van der Waals surface area contributed by atoms with Crippen molar-refractivity contribution in [2.75, 3.05) is 35.3 Å². The molecule has 4 rings (SSSR count). The van der Waals surface area contributed by atoms with Crippen LogP contribution in [0.3, 0.4) is 0 Å². The van der Waals surface area contributed by atoms with Gasteiger partial charge in [0, 0.05) is 49.8 Å². The summed E-state index contributed by atoms with van der Waals surface area (Å²) in [5, 5.41) is 12.7. The molecule has 1 saturated heterocycles. The minimum Gasteiger partial charge on any atom is -0.356 e. The van der Waals surface area contributed by atoms with E-state index in [1.165, 1.54) is 0 Å². The highest BCUT2D eigenvalue weighted by molar-refractivity contribution is 5.59. The Kier molecular flexibility index (Phi) is 6.60. The molecule has 166 valence electrons. The highest BCUT2D eigenvalue weighted by atomic mass is 15.3. The molecule has 2 N–H and O–H groups in total. The summed E-state index contributed by atoms with van der Waals surface area (Å²) in [4.78, 5) is 17.6. The van der Waals surface area contributed by atoms with Crippen LogP contribution in [0, 0.1) is 18.3 Å². The van der Waals surface area contributed by atoms with Crippen molar-refractivity contribution in [2.24, 2.45) is 0 Å². The molecule has 0 bridgehead atoms. The van der Waals surface area contributed by atoms with Crippen molar-refractivity contribution in [1.29, 1.82) is 5.26 Å². The summed E-state index contributed by atoms with van der Waals surface area (Å²) < 4.78 is 0. The Bertz CT molecular complexity index is 1080. The molecule has 0 spiro atoms. The maximum absolute atomic E-state index is 9.35. The first kappa shape index (κ1) is 21.7. The summed E-state index contributed by atoms with van der Waals surface area (Å²) in [6, 6.07) is 14.7. The maximum atomic E-state index is 9.35. The number of anilines is 4. The van der Waals surface area contributed by atoms with E-state index in [4.69, 9.17) is 9.97 Å². The number of rotatable bonds is 7. The van der Waals surface area contributed by atoms with Gasteiger partial charge < -0.3 is 20.1 Å². The van der Waals surface area contributed by atoms with Gasteiger partial charge in [-0.2, -0.15) is 10.2 Å². The average molecular weight is 430 g/mol. The molecule has 7 heteroatoms. The fourth-order valence-electron chi connectivity index (χ4n) is 4.25. The number of nitrogens with zero attached hydrogens (tertiary/aromatic N) is 5. The molecule has 3 aromatic rings. The molecule has 32 heavy (non-hydrogen) atoms. The van der Waals surface area contributed by atoms with Crippen LogP contribution in [0.25, 0.3) is 0 Å². The quantitative estimate of drug-likeness (QED) is 0.562. The van der Waals surface area contributed by atoms with E-state index in [1.807, 2.05) is 37.4 Å².